The number of nitrogens with zero attached hydrogens (tertiary/aromatic N) is 3. The molecule has 2 aromatic rings. The van der Waals surface area contributed by atoms with Gasteiger partial charge in [0.1, 0.15) is 0 Å². The third kappa shape index (κ3) is 3.06. The van der Waals surface area contributed by atoms with E-state index in [1.54, 1.807) is 0 Å². The first kappa shape index (κ1) is 14.3. The van der Waals surface area contributed by atoms with Gasteiger partial charge in [-0.25, -0.2) is 4.98 Å². The largest absolute Gasteiger partial charge is 0.330 e. The molecule has 1 unspecified atom stereocenters. The number of aromatic nitrogens is 2. The summed E-state index contributed by atoms with van der Waals surface area (Å²) < 4.78 is 2.12. The van der Waals surface area contributed by atoms with Gasteiger partial charge in [-0.05, 0) is 23.6 Å². The molecule has 0 spiro atoms. The van der Waals surface area contributed by atoms with Gasteiger partial charge in [0.15, 0.2) is 0 Å². The molecule has 0 aliphatic rings. The van der Waals surface area contributed by atoms with Gasteiger partial charge in [0.25, 0.3) is 0 Å². The zero-order valence-corrected chi connectivity index (χ0v) is 12.0. The van der Waals surface area contributed by atoms with Crippen LogP contribution < -0.4 is 5.73 Å². The van der Waals surface area contributed by atoms with Crippen LogP contribution in [0.1, 0.15) is 36.6 Å². The number of hydrogen-bond donors (Lipinski definition) is 1. The van der Waals surface area contributed by atoms with E-state index in [0.29, 0.717) is 30.5 Å². The first-order valence-corrected chi connectivity index (χ1v) is 6.84. The Morgan fingerprint density at radius 2 is 2.20 bits per heavy atom. The molecule has 4 heteroatoms. The minimum atomic E-state index is 0.302. The van der Waals surface area contributed by atoms with E-state index in [1.807, 2.05) is 36.8 Å². The van der Waals surface area contributed by atoms with Crippen molar-refractivity contribution in [2.75, 3.05) is 6.54 Å². The summed E-state index contributed by atoms with van der Waals surface area (Å²) in [5.74, 6) is 0.776. The number of imidazole rings is 1. The van der Waals surface area contributed by atoms with Crippen molar-refractivity contribution in [1.82, 2.24) is 9.55 Å². The Bertz CT molecular complexity index is 607. The van der Waals surface area contributed by atoms with Gasteiger partial charge in [-0.15, -0.1) is 0 Å². The lowest BCUT2D eigenvalue weighted by Gasteiger charge is -2.20. The zero-order chi connectivity index (χ0) is 14.5. The van der Waals surface area contributed by atoms with E-state index in [9.17, 15) is 0 Å². The van der Waals surface area contributed by atoms with Crippen LogP contribution in [-0.2, 0) is 6.54 Å². The molecule has 0 aliphatic carbocycles. The van der Waals surface area contributed by atoms with Gasteiger partial charge >= 0.3 is 0 Å². The SMILES string of the molecule is CC(C)C(CN)c1cncn1Cc1cccc(C#N)c1. The summed E-state index contributed by atoms with van der Waals surface area (Å²) in [5, 5.41) is 8.96. The molecular formula is C16H20N4. The third-order valence-corrected chi connectivity index (χ3v) is 3.59. The average Bonchev–Trinajstić information content (AvgIpc) is 2.87. The van der Waals surface area contributed by atoms with Crippen LogP contribution in [0.2, 0.25) is 0 Å². The van der Waals surface area contributed by atoms with Gasteiger partial charge in [0.2, 0.25) is 0 Å². The molecule has 2 rings (SSSR count). The molecular weight excluding hydrogens is 248 g/mol. The van der Waals surface area contributed by atoms with Crippen molar-refractivity contribution in [3.63, 3.8) is 0 Å². The van der Waals surface area contributed by atoms with Crippen molar-refractivity contribution in [2.45, 2.75) is 26.3 Å². The van der Waals surface area contributed by atoms with Crippen molar-refractivity contribution < 1.29 is 0 Å². The van der Waals surface area contributed by atoms with E-state index in [4.69, 9.17) is 11.0 Å². The highest BCUT2D eigenvalue weighted by Crippen LogP contribution is 2.23. The summed E-state index contributed by atoms with van der Waals surface area (Å²) in [7, 11) is 0. The Morgan fingerprint density at radius 3 is 2.85 bits per heavy atom. The maximum atomic E-state index is 8.96. The molecule has 0 aliphatic heterocycles. The second-order valence-corrected chi connectivity index (χ2v) is 5.34. The molecule has 1 aromatic carbocycles. The summed E-state index contributed by atoms with van der Waals surface area (Å²) >= 11 is 0. The minimum absolute atomic E-state index is 0.302. The fraction of sp³-hybridized carbons (Fsp3) is 0.375. The Hall–Kier alpha value is -2.12. The quantitative estimate of drug-likeness (QED) is 0.906. The average molecular weight is 268 g/mol. The monoisotopic (exact) mass is 268 g/mol. The third-order valence-electron chi connectivity index (χ3n) is 3.59. The fourth-order valence-electron chi connectivity index (χ4n) is 2.44. The molecule has 0 radical (unpaired) electrons. The normalized spacial score (nSPS) is 12.3. The zero-order valence-electron chi connectivity index (χ0n) is 12.0. The number of hydrogen-bond acceptors (Lipinski definition) is 3. The molecule has 2 N–H and O–H groups in total. The predicted octanol–water partition coefficient (Wildman–Crippen LogP) is 2.50. The summed E-state index contributed by atoms with van der Waals surface area (Å²) in [6, 6.07) is 9.83. The number of nitriles is 1. The minimum Gasteiger partial charge on any atom is -0.330 e. The number of rotatable bonds is 5. The van der Waals surface area contributed by atoms with E-state index in [1.165, 1.54) is 0 Å². The first-order valence-electron chi connectivity index (χ1n) is 6.84. The Labute approximate surface area is 119 Å². The van der Waals surface area contributed by atoms with Crippen LogP contribution in [0.25, 0.3) is 0 Å². The van der Waals surface area contributed by atoms with Crippen molar-refractivity contribution >= 4 is 0 Å². The lowest BCUT2D eigenvalue weighted by Crippen LogP contribution is -2.21. The highest BCUT2D eigenvalue weighted by Gasteiger charge is 2.18. The Morgan fingerprint density at radius 1 is 1.40 bits per heavy atom. The molecule has 104 valence electrons. The van der Waals surface area contributed by atoms with E-state index in [0.717, 1.165) is 11.3 Å². The van der Waals surface area contributed by atoms with Gasteiger partial charge in [-0.3, -0.25) is 0 Å². The molecule has 0 bridgehead atoms. The second kappa shape index (κ2) is 6.36. The van der Waals surface area contributed by atoms with Gasteiger partial charge in [-0.1, -0.05) is 26.0 Å². The Kier molecular flexibility index (Phi) is 4.54. The summed E-state index contributed by atoms with van der Waals surface area (Å²) in [6.45, 7) is 5.67. The van der Waals surface area contributed by atoms with Crippen LogP contribution in [-0.4, -0.2) is 16.1 Å². The highest BCUT2D eigenvalue weighted by atomic mass is 15.0. The molecule has 1 heterocycles. The van der Waals surface area contributed by atoms with Gasteiger partial charge < -0.3 is 10.3 Å². The van der Waals surface area contributed by atoms with Crippen LogP contribution in [0, 0.1) is 17.2 Å². The topological polar surface area (TPSA) is 67.6 Å². The standard InChI is InChI=1S/C16H20N4/c1-12(2)15(8-18)16-9-19-11-20(16)10-14-5-3-4-13(6-14)7-17/h3-6,9,11-12,15H,8,10,18H2,1-2H3. The second-order valence-electron chi connectivity index (χ2n) is 5.34. The van der Waals surface area contributed by atoms with Crippen LogP contribution in [0.5, 0.6) is 0 Å². The van der Waals surface area contributed by atoms with Crippen LogP contribution in [0.4, 0.5) is 0 Å². The Balaban J connectivity index is 2.26. The van der Waals surface area contributed by atoms with Crippen molar-refractivity contribution in [2.24, 2.45) is 11.7 Å². The molecule has 0 amide bonds. The van der Waals surface area contributed by atoms with E-state index in [2.05, 4.69) is 29.5 Å². The first-order chi connectivity index (χ1) is 9.65. The van der Waals surface area contributed by atoms with Crippen molar-refractivity contribution in [1.29, 1.82) is 5.26 Å². The molecule has 0 saturated heterocycles. The van der Waals surface area contributed by atoms with Crippen molar-refractivity contribution in [3.05, 3.63) is 53.6 Å². The van der Waals surface area contributed by atoms with Crippen LogP contribution >= 0.6 is 0 Å². The molecule has 0 saturated carbocycles. The summed E-state index contributed by atoms with van der Waals surface area (Å²) in [5.41, 5.74) is 8.83. The lowest BCUT2D eigenvalue weighted by atomic mass is 9.93. The number of benzene rings is 1. The van der Waals surface area contributed by atoms with Gasteiger partial charge in [0, 0.05) is 30.9 Å². The van der Waals surface area contributed by atoms with Crippen LogP contribution in [0.3, 0.4) is 0 Å². The molecule has 0 fully saturated rings. The van der Waals surface area contributed by atoms with Crippen molar-refractivity contribution in [3.8, 4) is 6.07 Å². The van der Waals surface area contributed by atoms with E-state index in [-0.39, 0.29) is 0 Å². The fourth-order valence-corrected chi connectivity index (χ4v) is 2.44. The molecule has 1 aromatic heterocycles. The molecule has 1 atom stereocenters. The predicted molar refractivity (Wildman–Crippen MR) is 79.1 cm³/mol. The lowest BCUT2D eigenvalue weighted by molar-refractivity contribution is 0.478. The van der Waals surface area contributed by atoms with Crippen LogP contribution in [0.15, 0.2) is 36.8 Å². The van der Waals surface area contributed by atoms with Gasteiger partial charge in [-0.2, -0.15) is 5.26 Å². The maximum absolute atomic E-state index is 8.96. The van der Waals surface area contributed by atoms with Gasteiger partial charge in [0.05, 0.1) is 18.0 Å². The van der Waals surface area contributed by atoms with E-state index < -0.39 is 0 Å². The van der Waals surface area contributed by atoms with E-state index >= 15 is 0 Å². The maximum Gasteiger partial charge on any atom is 0.0991 e. The highest BCUT2D eigenvalue weighted by molar-refractivity contribution is 5.33. The molecule has 4 nitrogen and oxygen atoms in total. The molecule has 20 heavy (non-hydrogen) atoms. The smallest absolute Gasteiger partial charge is 0.0991 e. The summed E-state index contributed by atoms with van der Waals surface area (Å²) in [6.07, 6.45) is 3.73. The number of nitrogens with two attached hydrogens (primary N) is 1. The summed E-state index contributed by atoms with van der Waals surface area (Å²) in [4.78, 5) is 4.25.